The van der Waals surface area contributed by atoms with Gasteiger partial charge in [-0.3, -0.25) is 0 Å². The van der Waals surface area contributed by atoms with E-state index in [2.05, 4.69) is 27.8 Å². The Balaban J connectivity index is 2.35. The third-order valence-electron chi connectivity index (χ3n) is 3.30. The molecule has 0 saturated heterocycles. The average Bonchev–Trinajstić information content (AvgIpc) is 2.52. The summed E-state index contributed by atoms with van der Waals surface area (Å²) in [5.41, 5.74) is 15.2. The van der Waals surface area contributed by atoms with Crippen molar-refractivity contribution >= 4 is 11.0 Å². The molecule has 4 heteroatoms. The number of imidazole rings is 1. The molecule has 0 bridgehead atoms. The van der Waals surface area contributed by atoms with Gasteiger partial charge in [0.25, 0.3) is 0 Å². The third-order valence-corrected chi connectivity index (χ3v) is 3.30. The molecule has 0 aliphatic heterocycles. The molecular weight excluding hydrogens is 224 g/mol. The summed E-state index contributed by atoms with van der Waals surface area (Å²) in [6.45, 7) is 6.00. The van der Waals surface area contributed by atoms with Crippen LogP contribution in [0.5, 0.6) is 0 Å². The van der Waals surface area contributed by atoms with E-state index in [1.807, 2.05) is 27.8 Å². The fourth-order valence-electron chi connectivity index (χ4n) is 2.25. The van der Waals surface area contributed by atoms with Crippen LogP contribution in [0.15, 0.2) is 18.2 Å². The Morgan fingerprint density at radius 2 is 2.06 bits per heavy atom. The lowest BCUT2D eigenvalue weighted by molar-refractivity contribution is 0.429. The first-order valence-electron chi connectivity index (χ1n) is 6.25. The monoisotopic (exact) mass is 246 g/mol. The van der Waals surface area contributed by atoms with Crippen molar-refractivity contribution in [3.8, 4) is 0 Å². The van der Waals surface area contributed by atoms with Crippen LogP contribution in [0.25, 0.3) is 11.0 Å². The normalized spacial score (nSPS) is 14.1. The Hall–Kier alpha value is -1.39. The van der Waals surface area contributed by atoms with E-state index in [0.717, 1.165) is 28.8 Å². The van der Waals surface area contributed by atoms with Crippen LogP contribution in [0, 0.1) is 6.92 Å². The maximum Gasteiger partial charge on any atom is 0.106 e. The van der Waals surface area contributed by atoms with E-state index < -0.39 is 0 Å². The summed E-state index contributed by atoms with van der Waals surface area (Å²) >= 11 is 0. The second-order valence-electron chi connectivity index (χ2n) is 5.77. The first kappa shape index (κ1) is 13.1. The number of aryl methyl sites for hydroxylation is 2. The largest absolute Gasteiger partial charge is 0.331 e. The van der Waals surface area contributed by atoms with Crippen LogP contribution in [-0.2, 0) is 7.05 Å². The van der Waals surface area contributed by atoms with Gasteiger partial charge in [-0.15, -0.1) is 0 Å². The zero-order valence-corrected chi connectivity index (χ0v) is 11.6. The molecule has 0 aliphatic rings. The second kappa shape index (κ2) is 4.37. The van der Waals surface area contributed by atoms with Crippen molar-refractivity contribution < 1.29 is 0 Å². The number of rotatable bonds is 3. The number of nitrogens with zero attached hydrogens (tertiary/aromatic N) is 2. The molecule has 0 saturated carbocycles. The number of aromatic nitrogens is 2. The highest BCUT2D eigenvalue weighted by atomic mass is 15.0. The number of hydrogen-bond donors (Lipinski definition) is 2. The van der Waals surface area contributed by atoms with Gasteiger partial charge < -0.3 is 16.0 Å². The molecular formula is C14H22N4. The Kier molecular flexibility index (Phi) is 3.17. The average molecular weight is 246 g/mol. The number of fused-ring (bicyclic) bond motifs is 1. The van der Waals surface area contributed by atoms with Gasteiger partial charge in [0, 0.05) is 18.6 Å². The van der Waals surface area contributed by atoms with Crippen LogP contribution >= 0.6 is 0 Å². The number of nitrogens with two attached hydrogens (primary N) is 2. The van der Waals surface area contributed by atoms with Crippen LogP contribution in [0.4, 0.5) is 0 Å². The Bertz CT molecular complexity index is 563. The Morgan fingerprint density at radius 3 is 2.67 bits per heavy atom. The van der Waals surface area contributed by atoms with E-state index in [4.69, 9.17) is 11.5 Å². The van der Waals surface area contributed by atoms with Crippen LogP contribution in [-0.4, -0.2) is 15.1 Å². The minimum absolute atomic E-state index is 0.0447. The zero-order chi connectivity index (χ0) is 13.5. The van der Waals surface area contributed by atoms with Gasteiger partial charge in [-0.25, -0.2) is 4.98 Å². The van der Waals surface area contributed by atoms with Crippen molar-refractivity contribution in [2.45, 2.75) is 38.8 Å². The van der Waals surface area contributed by atoms with E-state index in [9.17, 15) is 0 Å². The topological polar surface area (TPSA) is 69.9 Å². The lowest BCUT2D eigenvalue weighted by Crippen LogP contribution is -2.35. The van der Waals surface area contributed by atoms with Crippen molar-refractivity contribution in [1.29, 1.82) is 0 Å². The second-order valence-corrected chi connectivity index (χ2v) is 5.77. The summed E-state index contributed by atoms with van der Waals surface area (Å²) < 4.78 is 2.08. The van der Waals surface area contributed by atoms with Crippen LogP contribution in [0.1, 0.15) is 37.7 Å². The fourth-order valence-corrected chi connectivity index (χ4v) is 2.25. The summed E-state index contributed by atoms with van der Waals surface area (Å²) in [4.78, 5) is 4.53. The minimum Gasteiger partial charge on any atom is -0.331 e. The van der Waals surface area contributed by atoms with Crippen LogP contribution < -0.4 is 11.5 Å². The molecule has 4 N–H and O–H groups in total. The highest BCUT2D eigenvalue weighted by molar-refractivity contribution is 5.76. The highest BCUT2D eigenvalue weighted by Crippen LogP contribution is 2.24. The maximum absolute atomic E-state index is 6.20. The van der Waals surface area contributed by atoms with Gasteiger partial charge in [0.05, 0.1) is 11.0 Å². The number of benzene rings is 1. The minimum atomic E-state index is -0.256. The van der Waals surface area contributed by atoms with Gasteiger partial charge in [-0.2, -0.15) is 0 Å². The van der Waals surface area contributed by atoms with Gasteiger partial charge in [0.1, 0.15) is 5.82 Å². The molecule has 1 atom stereocenters. The molecule has 1 unspecified atom stereocenters. The van der Waals surface area contributed by atoms with Crippen molar-refractivity contribution in [3.63, 3.8) is 0 Å². The lowest BCUT2D eigenvalue weighted by atomic mass is 9.92. The zero-order valence-electron chi connectivity index (χ0n) is 11.6. The molecule has 0 spiro atoms. The van der Waals surface area contributed by atoms with Crippen molar-refractivity contribution in [1.82, 2.24) is 9.55 Å². The molecule has 1 aromatic carbocycles. The SMILES string of the molecule is Cc1nc2cc(C(N)CC(C)(C)N)ccc2n1C. The number of hydrogen-bond acceptors (Lipinski definition) is 3. The third kappa shape index (κ3) is 2.54. The summed E-state index contributed by atoms with van der Waals surface area (Å²) in [5, 5.41) is 0. The van der Waals surface area contributed by atoms with Crippen LogP contribution in [0.3, 0.4) is 0 Å². The fraction of sp³-hybridized carbons (Fsp3) is 0.500. The first-order chi connectivity index (χ1) is 8.28. The van der Waals surface area contributed by atoms with Crippen LogP contribution in [0.2, 0.25) is 0 Å². The van der Waals surface area contributed by atoms with E-state index >= 15 is 0 Å². The van der Waals surface area contributed by atoms with Crippen molar-refractivity contribution in [2.24, 2.45) is 18.5 Å². The van der Waals surface area contributed by atoms with Gasteiger partial charge >= 0.3 is 0 Å². The molecule has 1 aromatic heterocycles. The smallest absolute Gasteiger partial charge is 0.106 e. The standard InChI is InChI=1S/C14H22N4/c1-9-17-12-7-10(5-6-13(12)18(9)4)11(15)8-14(2,3)16/h5-7,11H,8,15-16H2,1-4H3. The summed E-state index contributed by atoms with van der Waals surface area (Å²) in [6.07, 6.45) is 0.754. The molecule has 18 heavy (non-hydrogen) atoms. The predicted octanol–water partition coefficient (Wildman–Crippen LogP) is 2.01. The van der Waals surface area contributed by atoms with Crippen molar-refractivity contribution in [2.75, 3.05) is 0 Å². The molecule has 0 radical (unpaired) electrons. The molecule has 2 aromatic rings. The molecule has 0 aliphatic carbocycles. The maximum atomic E-state index is 6.20. The molecule has 1 heterocycles. The van der Waals surface area contributed by atoms with Gasteiger partial charge in [-0.05, 0) is 44.9 Å². The van der Waals surface area contributed by atoms with E-state index in [-0.39, 0.29) is 11.6 Å². The van der Waals surface area contributed by atoms with Crippen molar-refractivity contribution in [3.05, 3.63) is 29.6 Å². The summed E-state index contributed by atoms with van der Waals surface area (Å²) in [5.74, 6) is 1.01. The molecule has 0 fully saturated rings. The molecule has 98 valence electrons. The van der Waals surface area contributed by atoms with E-state index in [0.29, 0.717) is 0 Å². The molecule has 0 amide bonds. The Morgan fingerprint density at radius 1 is 1.39 bits per heavy atom. The first-order valence-corrected chi connectivity index (χ1v) is 6.25. The lowest BCUT2D eigenvalue weighted by Gasteiger charge is -2.23. The Labute approximate surface area is 108 Å². The summed E-state index contributed by atoms with van der Waals surface area (Å²) in [6, 6.07) is 6.17. The van der Waals surface area contributed by atoms with Gasteiger partial charge in [0.15, 0.2) is 0 Å². The summed E-state index contributed by atoms with van der Waals surface area (Å²) in [7, 11) is 2.02. The predicted molar refractivity (Wildman–Crippen MR) is 75.3 cm³/mol. The molecule has 4 nitrogen and oxygen atoms in total. The van der Waals surface area contributed by atoms with E-state index in [1.54, 1.807) is 0 Å². The quantitative estimate of drug-likeness (QED) is 0.870. The van der Waals surface area contributed by atoms with Gasteiger partial charge in [-0.1, -0.05) is 6.07 Å². The van der Waals surface area contributed by atoms with E-state index in [1.165, 1.54) is 0 Å². The highest BCUT2D eigenvalue weighted by Gasteiger charge is 2.18. The molecule has 2 rings (SSSR count). The van der Waals surface area contributed by atoms with Gasteiger partial charge in [0.2, 0.25) is 0 Å².